The van der Waals surface area contributed by atoms with Crippen molar-refractivity contribution in [2.45, 2.75) is 179 Å². The third-order valence-electron chi connectivity index (χ3n) is 7.92. The third-order valence-corrected chi connectivity index (χ3v) is 22.3. The Balaban J connectivity index is 6.10. The highest BCUT2D eigenvalue weighted by Gasteiger charge is 2.48. The van der Waals surface area contributed by atoms with Crippen LogP contribution in [0.2, 0.25) is 24.2 Å². The molecule has 2 atom stereocenters. The molecular formula is C30H66O2SSi2. The van der Waals surface area contributed by atoms with E-state index in [9.17, 15) is 0 Å². The van der Waals surface area contributed by atoms with Crippen molar-refractivity contribution in [3.05, 3.63) is 0 Å². The predicted molar refractivity (Wildman–Crippen MR) is 168 cm³/mol. The first-order valence-corrected chi connectivity index (χ1v) is 21.7. The highest BCUT2D eigenvalue weighted by Crippen LogP contribution is 2.43. The Bertz CT molecular complexity index is 404. The Hall–Kier alpha value is 0.704. The standard InChI is InChI=1S/C30H66O2SSi2/c1-9-17-21-25-34(31-15-7,26-22-18-10-2)29(13-5)33-30(14-6)35(32-16-8,27-23-19-11-3)28-24-20-12-4/h29-30H,9-28H2,1-8H3. The van der Waals surface area contributed by atoms with Crippen LogP contribution in [0.1, 0.15) is 145 Å². The van der Waals surface area contributed by atoms with Crippen molar-refractivity contribution < 1.29 is 8.85 Å². The van der Waals surface area contributed by atoms with Crippen molar-refractivity contribution in [3.63, 3.8) is 0 Å². The lowest BCUT2D eigenvalue weighted by Gasteiger charge is -2.44. The minimum Gasteiger partial charge on any atom is -0.416 e. The average Bonchev–Trinajstić information content (AvgIpc) is 2.85. The maximum absolute atomic E-state index is 6.98. The van der Waals surface area contributed by atoms with Crippen LogP contribution in [0.3, 0.4) is 0 Å². The minimum absolute atomic E-state index is 0.714. The second-order valence-electron chi connectivity index (χ2n) is 10.8. The van der Waals surface area contributed by atoms with E-state index < -0.39 is 16.6 Å². The summed E-state index contributed by atoms with van der Waals surface area (Å²) in [5, 5.41) is 0. The normalized spacial score (nSPS) is 14.4. The molecule has 0 amide bonds. The van der Waals surface area contributed by atoms with Gasteiger partial charge in [0, 0.05) is 23.0 Å². The molecule has 0 saturated carbocycles. The Labute approximate surface area is 229 Å². The molecule has 35 heavy (non-hydrogen) atoms. The fourth-order valence-corrected chi connectivity index (χ4v) is 20.8. The molecule has 212 valence electrons. The molecule has 5 heteroatoms. The lowest BCUT2D eigenvalue weighted by Crippen LogP contribution is -2.54. The molecule has 0 N–H and O–H groups in total. The molecule has 0 aromatic carbocycles. The van der Waals surface area contributed by atoms with Gasteiger partial charge in [-0.25, -0.2) is 0 Å². The predicted octanol–water partition coefficient (Wildman–Crippen LogP) is 11.1. The van der Waals surface area contributed by atoms with Gasteiger partial charge >= 0.3 is 0 Å². The molecule has 0 aliphatic rings. The van der Waals surface area contributed by atoms with Gasteiger partial charge in [0.05, 0.1) is 0 Å². The molecule has 0 spiro atoms. The van der Waals surface area contributed by atoms with Gasteiger partial charge in [0.15, 0.2) is 0 Å². The summed E-state index contributed by atoms with van der Waals surface area (Å²) < 4.78 is 14.0. The SMILES string of the molecule is CCCCC[Si](CCCCC)(OCC)C(CC)SC(CC)[Si](CCCCC)(CCCCC)OCC. The quantitative estimate of drug-likeness (QED) is 0.0793. The van der Waals surface area contributed by atoms with Gasteiger partial charge in [0.25, 0.3) is 0 Å². The maximum atomic E-state index is 6.98. The highest BCUT2D eigenvalue weighted by atomic mass is 32.2. The van der Waals surface area contributed by atoms with E-state index in [-0.39, 0.29) is 0 Å². The van der Waals surface area contributed by atoms with Gasteiger partial charge in [-0.05, 0) is 50.9 Å². The number of thioether (sulfide) groups is 1. The van der Waals surface area contributed by atoms with E-state index in [2.05, 4.69) is 67.2 Å². The summed E-state index contributed by atoms with van der Waals surface area (Å²) in [6.07, 6.45) is 18.7. The van der Waals surface area contributed by atoms with Crippen molar-refractivity contribution in [1.82, 2.24) is 0 Å². The summed E-state index contributed by atoms with van der Waals surface area (Å²) in [4.78, 5) is 1.43. The molecule has 2 nitrogen and oxygen atoms in total. The van der Waals surface area contributed by atoms with E-state index in [1.807, 2.05) is 0 Å². The van der Waals surface area contributed by atoms with Crippen molar-refractivity contribution in [3.8, 4) is 0 Å². The van der Waals surface area contributed by atoms with Gasteiger partial charge in [-0.2, -0.15) is 11.8 Å². The Kier molecular flexibility index (Phi) is 23.1. The minimum atomic E-state index is -1.83. The molecule has 0 heterocycles. The lowest BCUT2D eigenvalue weighted by molar-refractivity contribution is 0.310. The van der Waals surface area contributed by atoms with E-state index in [1.165, 1.54) is 114 Å². The highest BCUT2D eigenvalue weighted by molar-refractivity contribution is 8.03. The first-order chi connectivity index (χ1) is 17.0. The third kappa shape index (κ3) is 13.4. The molecule has 0 aromatic heterocycles. The van der Waals surface area contributed by atoms with Gasteiger partial charge in [0.1, 0.15) is 0 Å². The van der Waals surface area contributed by atoms with E-state index in [1.54, 1.807) is 0 Å². The van der Waals surface area contributed by atoms with Gasteiger partial charge in [0.2, 0.25) is 16.6 Å². The first-order valence-electron chi connectivity index (χ1n) is 15.9. The van der Waals surface area contributed by atoms with Crippen LogP contribution in [0.15, 0.2) is 0 Å². The molecule has 0 radical (unpaired) electrons. The summed E-state index contributed by atoms with van der Waals surface area (Å²) in [6.45, 7) is 20.6. The van der Waals surface area contributed by atoms with Gasteiger partial charge < -0.3 is 8.85 Å². The monoisotopic (exact) mass is 546 g/mol. The molecule has 0 fully saturated rings. The van der Waals surface area contributed by atoms with Crippen LogP contribution in [0.5, 0.6) is 0 Å². The average molecular weight is 547 g/mol. The van der Waals surface area contributed by atoms with E-state index in [0.29, 0.717) is 9.75 Å². The molecule has 0 rings (SSSR count). The van der Waals surface area contributed by atoms with Crippen molar-refractivity contribution in [1.29, 1.82) is 0 Å². The zero-order valence-electron chi connectivity index (χ0n) is 25.5. The molecule has 0 bridgehead atoms. The van der Waals surface area contributed by atoms with E-state index in [4.69, 9.17) is 8.85 Å². The maximum Gasteiger partial charge on any atom is 0.205 e. The molecule has 0 aliphatic carbocycles. The van der Waals surface area contributed by atoms with Crippen molar-refractivity contribution >= 4 is 28.4 Å². The van der Waals surface area contributed by atoms with Crippen LogP contribution < -0.4 is 0 Å². The summed E-state index contributed by atoms with van der Waals surface area (Å²) in [6, 6.07) is 5.48. The summed E-state index contributed by atoms with van der Waals surface area (Å²) in [5.74, 6) is 0. The molecule has 0 aliphatic heterocycles. The Morgan fingerprint density at radius 1 is 0.457 bits per heavy atom. The number of hydrogen-bond acceptors (Lipinski definition) is 3. The summed E-state index contributed by atoms with van der Waals surface area (Å²) in [5.41, 5.74) is 0. The van der Waals surface area contributed by atoms with Gasteiger partial charge in [-0.3, -0.25) is 0 Å². The summed E-state index contributed by atoms with van der Waals surface area (Å²) in [7, 11) is -3.65. The number of unbranched alkanes of at least 4 members (excludes halogenated alkanes) is 8. The lowest BCUT2D eigenvalue weighted by atomic mass is 10.3. The van der Waals surface area contributed by atoms with Crippen LogP contribution >= 0.6 is 11.8 Å². The van der Waals surface area contributed by atoms with Gasteiger partial charge in [-0.15, -0.1) is 0 Å². The summed E-state index contributed by atoms with van der Waals surface area (Å²) >= 11 is 2.39. The van der Waals surface area contributed by atoms with Crippen LogP contribution in [0.4, 0.5) is 0 Å². The fourth-order valence-electron chi connectivity index (χ4n) is 6.02. The Morgan fingerprint density at radius 2 is 0.743 bits per heavy atom. The van der Waals surface area contributed by atoms with E-state index >= 15 is 0 Å². The molecule has 0 aromatic rings. The fraction of sp³-hybridized carbons (Fsp3) is 1.00. The Morgan fingerprint density at radius 3 is 0.943 bits per heavy atom. The zero-order chi connectivity index (χ0) is 26.4. The molecule has 2 unspecified atom stereocenters. The molecular weight excluding hydrogens is 481 g/mol. The van der Waals surface area contributed by atoms with Crippen molar-refractivity contribution in [2.24, 2.45) is 0 Å². The first kappa shape index (κ1) is 35.7. The van der Waals surface area contributed by atoms with Crippen LogP contribution in [-0.2, 0) is 8.85 Å². The smallest absolute Gasteiger partial charge is 0.205 e. The van der Waals surface area contributed by atoms with Crippen molar-refractivity contribution in [2.75, 3.05) is 13.2 Å². The largest absolute Gasteiger partial charge is 0.416 e. The van der Waals surface area contributed by atoms with Crippen LogP contribution in [0, 0.1) is 0 Å². The zero-order valence-corrected chi connectivity index (χ0v) is 28.3. The van der Waals surface area contributed by atoms with E-state index in [0.717, 1.165) is 13.2 Å². The van der Waals surface area contributed by atoms with Crippen LogP contribution in [-0.4, -0.2) is 39.6 Å². The topological polar surface area (TPSA) is 18.5 Å². The second-order valence-corrected chi connectivity index (χ2v) is 21.2. The van der Waals surface area contributed by atoms with Gasteiger partial charge in [-0.1, -0.05) is 119 Å². The molecule has 0 saturated heterocycles. The second kappa shape index (κ2) is 22.7. The number of rotatable bonds is 26. The van der Waals surface area contributed by atoms with Crippen LogP contribution in [0.25, 0.3) is 0 Å². The number of hydrogen-bond donors (Lipinski definition) is 0.